The third-order valence-electron chi connectivity index (χ3n) is 4.40. The SMILES string of the molecule is Cl.O=C(Nc1cccc(-c2nnnn2C2CC2)c1)[C@H]1CCCCN1. The summed E-state index contributed by atoms with van der Waals surface area (Å²) >= 11 is 0. The van der Waals surface area contributed by atoms with E-state index >= 15 is 0 Å². The maximum absolute atomic E-state index is 12.3. The Hall–Kier alpha value is -1.99. The van der Waals surface area contributed by atoms with Crippen LogP contribution in [0.4, 0.5) is 5.69 Å². The molecule has 128 valence electrons. The number of amides is 1. The summed E-state index contributed by atoms with van der Waals surface area (Å²) in [5.74, 6) is 0.794. The van der Waals surface area contributed by atoms with Crippen LogP contribution >= 0.6 is 12.4 Å². The number of hydrogen-bond donors (Lipinski definition) is 2. The highest BCUT2D eigenvalue weighted by molar-refractivity contribution is 5.95. The highest BCUT2D eigenvalue weighted by Crippen LogP contribution is 2.36. The molecule has 1 amide bonds. The molecule has 2 fully saturated rings. The molecule has 24 heavy (non-hydrogen) atoms. The van der Waals surface area contributed by atoms with E-state index in [1.165, 1.54) is 0 Å². The zero-order chi connectivity index (χ0) is 15.6. The number of aromatic nitrogens is 4. The lowest BCUT2D eigenvalue weighted by Gasteiger charge is -2.22. The van der Waals surface area contributed by atoms with Crippen molar-refractivity contribution in [1.29, 1.82) is 0 Å². The van der Waals surface area contributed by atoms with Gasteiger partial charge in [0.2, 0.25) is 5.91 Å². The number of carbonyl (C=O) groups is 1. The van der Waals surface area contributed by atoms with E-state index in [0.717, 1.165) is 55.7 Å². The maximum Gasteiger partial charge on any atom is 0.241 e. The van der Waals surface area contributed by atoms with Gasteiger partial charge in [0.1, 0.15) is 0 Å². The lowest BCUT2D eigenvalue weighted by atomic mass is 10.0. The molecular weight excluding hydrogens is 328 g/mol. The normalized spacial score (nSPS) is 20.2. The second kappa shape index (κ2) is 7.27. The van der Waals surface area contributed by atoms with E-state index in [-0.39, 0.29) is 24.4 Å². The minimum atomic E-state index is -0.0933. The molecule has 2 N–H and O–H groups in total. The molecule has 1 saturated heterocycles. The van der Waals surface area contributed by atoms with Crippen LogP contribution < -0.4 is 10.6 Å². The van der Waals surface area contributed by atoms with Crippen molar-refractivity contribution in [3.8, 4) is 11.4 Å². The summed E-state index contributed by atoms with van der Waals surface area (Å²) in [5, 5.41) is 18.3. The van der Waals surface area contributed by atoms with E-state index in [0.29, 0.717) is 6.04 Å². The number of carbonyl (C=O) groups excluding carboxylic acids is 1. The molecule has 1 aromatic carbocycles. The van der Waals surface area contributed by atoms with Gasteiger partial charge in [0.15, 0.2) is 5.82 Å². The number of rotatable bonds is 4. The molecule has 0 radical (unpaired) electrons. The quantitative estimate of drug-likeness (QED) is 0.884. The maximum atomic E-state index is 12.3. The summed E-state index contributed by atoms with van der Waals surface area (Å²) < 4.78 is 1.88. The zero-order valence-electron chi connectivity index (χ0n) is 13.3. The molecular formula is C16H21ClN6O. The summed E-state index contributed by atoms with van der Waals surface area (Å²) in [6.07, 6.45) is 5.39. The Bertz CT molecular complexity index is 708. The zero-order valence-corrected chi connectivity index (χ0v) is 14.1. The molecule has 0 spiro atoms. The van der Waals surface area contributed by atoms with Crippen molar-refractivity contribution in [2.75, 3.05) is 11.9 Å². The fourth-order valence-electron chi connectivity index (χ4n) is 2.99. The second-order valence-corrected chi connectivity index (χ2v) is 6.25. The summed E-state index contributed by atoms with van der Waals surface area (Å²) in [7, 11) is 0. The number of piperidine rings is 1. The highest BCUT2D eigenvalue weighted by atomic mass is 35.5. The number of nitrogens with one attached hydrogen (secondary N) is 2. The number of halogens is 1. The fraction of sp³-hybridized carbons (Fsp3) is 0.500. The molecule has 1 aromatic heterocycles. The molecule has 8 heteroatoms. The molecule has 2 aliphatic rings. The van der Waals surface area contributed by atoms with Gasteiger partial charge in [0.25, 0.3) is 0 Å². The van der Waals surface area contributed by atoms with Crippen LogP contribution in [0.2, 0.25) is 0 Å². The molecule has 0 bridgehead atoms. The lowest BCUT2D eigenvalue weighted by molar-refractivity contribution is -0.118. The van der Waals surface area contributed by atoms with Crippen LogP contribution in [0.3, 0.4) is 0 Å². The van der Waals surface area contributed by atoms with E-state index in [1.54, 1.807) is 0 Å². The molecule has 2 heterocycles. The Morgan fingerprint density at radius 2 is 2.12 bits per heavy atom. The molecule has 7 nitrogen and oxygen atoms in total. The Labute approximate surface area is 146 Å². The first kappa shape index (κ1) is 16.9. The van der Waals surface area contributed by atoms with Gasteiger partial charge in [0.05, 0.1) is 12.1 Å². The van der Waals surface area contributed by atoms with Crippen LogP contribution in [-0.2, 0) is 4.79 Å². The summed E-state index contributed by atoms with van der Waals surface area (Å²) in [6.45, 7) is 0.911. The Morgan fingerprint density at radius 1 is 1.25 bits per heavy atom. The van der Waals surface area contributed by atoms with E-state index in [9.17, 15) is 4.79 Å². The molecule has 1 saturated carbocycles. The van der Waals surface area contributed by atoms with Crippen molar-refractivity contribution in [1.82, 2.24) is 25.5 Å². The third kappa shape index (κ3) is 3.57. The van der Waals surface area contributed by atoms with E-state index in [4.69, 9.17) is 0 Å². The van der Waals surface area contributed by atoms with Crippen LogP contribution in [0.15, 0.2) is 24.3 Å². The van der Waals surface area contributed by atoms with Crippen LogP contribution in [0, 0.1) is 0 Å². The van der Waals surface area contributed by atoms with Gasteiger partial charge < -0.3 is 10.6 Å². The largest absolute Gasteiger partial charge is 0.325 e. The predicted octanol–water partition coefficient (Wildman–Crippen LogP) is 2.18. The number of benzene rings is 1. The van der Waals surface area contributed by atoms with Crippen molar-refractivity contribution in [3.05, 3.63) is 24.3 Å². The van der Waals surface area contributed by atoms with Crippen molar-refractivity contribution < 1.29 is 4.79 Å². The standard InChI is InChI=1S/C16H20N6O.ClH/c23-16(14-6-1-2-9-17-14)18-12-5-3-4-11(10-12)15-19-20-21-22(15)13-7-8-13;/h3-5,10,13-14,17H,1-2,6-9H2,(H,18,23);1H/t14-;/m1./s1. The molecule has 1 aliphatic carbocycles. The van der Waals surface area contributed by atoms with Gasteiger partial charge in [0, 0.05) is 11.3 Å². The fourth-order valence-corrected chi connectivity index (χ4v) is 2.99. The van der Waals surface area contributed by atoms with Gasteiger partial charge in [-0.25, -0.2) is 4.68 Å². The first-order valence-corrected chi connectivity index (χ1v) is 8.24. The monoisotopic (exact) mass is 348 g/mol. The molecule has 2 aromatic rings. The first-order chi connectivity index (χ1) is 11.3. The summed E-state index contributed by atoms with van der Waals surface area (Å²) in [4.78, 5) is 12.3. The molecule has 4 rings (SSSR count). The van der Waals surface area contributed by atoms with Gasteiger partial charge in [-0.3, -0.25) is 4.79 Å². The highest BCUT2D eigenvalue weighted by Gasteiger charge is 2.28. The average Bonchev–Trinajstić information content (AvgIpc) is 3.32. The van der Waals surface area contributed by atoms with Crippen molar-refractivity contribution >= 4 is 24.0 Å². The van der Waals surface area contributed by atoms with Gasteiger partial charge in [-0.2, -0.15) is 0 Å². The molecule has 0 unspecified atom stereocenters. The van der Waals surface area contributed by atoms with Crippen LogP contribution in [0.1, 0.15) is 38.1 Å². The predicted molar refractivity (Wildman–Crippen MR) is 93.0 cm³/mol. The van der Waals surface area contributed by atoms with E-state index < -0.39 is 0 Å². The Kier molecular flexibility index (Phi) is 5.11. The second-order valence-electron chi connectivity index (χ2n) is 6.25. The van der Waals surface area contributed by atoms with Gasteiger partial charge in [-0.15, -0.1) is 17.5 Å². The molecule has 1 aliphatic heterocycles. The number of hydrogen-bond acceptors (Lipinski definition) is 5. The first-order valence-electron chi connectivity index (χ1n) is 8.24. The minimum absolute atomic E-state index is 0. The number of nitrogens with zero attached hydrogens (tertiary/aromatic N) is 4. The van der Waals surface area contributed by atoms with Gasteiger partial charge >= 0.3 is 0 Å². The van der Waals surface area contributed by atoms with Crippen LogP contribution in [0.5, 0.6) is 0 Å². The van der Waals surface area contributed by atoms with Gasteiger partial charge in [-0.1, -0.05) is 18.6 Å². The lowest BCUT2D eigenvalue weighted by Crippen LogP contribution is -2.43. The van der Waals surface area contributed by atoms with Crippen molar-refractivity contribution in [2.45, 2.75) is 44.2 Å². The minimum Gasteiger partial charge on any atom is -0.325 e. The summed E-state index contributed by atoms with van der Waals surface area (Å²) in [6, 6.07) is 8.05. The Morgan fingerprint density at radius 3 is 2.88 bits per heavy atom. The number of tetrazole rings is 1. The van der Waals surface area contributed by atoms with Crippen LogP contribution in [0.25, 0.3) is 11.4 Å². The van der Waals surface area contributed by atoms with Crippen molar-refractivity contribution in [2.24, 2.45) is 0 Å². The van der Waals surface area contributed by atoms with Crippen molar-refractivity contribution in [3.63, 3.8) is 0 Å². The smallest absolute Gasteiger partial charge is 0.241 e. The van der Waals surface area contributed by atoms with E-state index in [1.807, 2.05) is 28.9 Å². The van der Waals surface area contributed by atoms with Gasteiger partial charge in [-0.05, 0) is 54.8 Å². The third-order valence-corrected chi connectivity index (χ3v) is 4.40. The summed E-state index contributed by atoms with van der Waals surface area (Å²) in [5.41, 5.74) is 1.71. The number of anilines is 1. The van der Waals surface area contributed by atoms with E-state index in [2.05, 4.69) is 26.2 Å². The average molecular weight is 349 g/mol. The van der Waals surface area contributed by atoms with Crippen LogP contribution in [-0.4, -0.2) is 38.7 Å². The Balaban J connectivity index is 0.00000169. The molecule has 1 atom stereocenters. The topological polar surface area (TPSA) is 84.7 Å².